The van der Waals surface area contributed by atoms with Crippen molar-refractivity contribution in [3.8, 4) is 5.69 Å². The van der Waals surface area contributed by atoms with E-state index in [2.05, 4.69) is 5.10 Å². The van der Waals surface area contributed by atoms with Crippen molar-refractivity contribution in [1.29, 1.82) is 0 Å². The van der Waals surface area contributed by atoms with Crippen LogP contribution < -0.4 is 5.14 Å². The van der Waals surface area contributed by atoms with Gasteiger partial charge in [-0.1, -0.05) is 0 Å². The van der Waals surface area contributed by atoms with Gasteiger partial charge in [-0.15, -0.1) is 0 Å². The fraction of sp³-hybridized carbons (Fsp3) is 0. The first kappa shape index (κ1) is 12.8. The molecule has 0 aliphatic rings. The molecule has 0 aliphatic heterocycles. The number of fused-ring (bicyclic) bond motifs is 1. The molecule has 0 aliphatic carbocycles. The highest BCUT2D eigenvalue weighted by molar-refractivity contribution is 7.89. The SMILES string of the molecule is NS(=O)(=O)c1ccc(-n2cc3cc(F)ccc3n2)cc1. The second-order valence-electron chi connectivity index (χ2n) is 4.32. The predicted molar refractivity (Wildman–Crippen MR) is 72.4 cm³/mol. The average molecular weight is 291 g/mol. The van der Waals surface area contributed by atoms with Gasteiger partial charge in [-0.3, -0.25) is 0 Å². The van der Waals surface area contributed by atoms with Gasteiger partial charge in [-0.25, -0.2) is 22.6 Å². The summed E-state index contributed by atoms with van der Waals surface area (Å²) in [5.41, 5.74) is 1.32. The van der Waals surface area contributed by atoms with Crippen LogP contribution in [0.25, 0.3) is 16.6 Å². The Hall–Kier alpha value is -2.25. The van der Waals surface area contributed by atoms with Gasteiger partial charge < -0.3 is 0 Å². The maximum Gasteiger partial charge on any atom is 0.238 e. The van der Waals surface area contributed by atoms with Crippen LogP contribution in [0.15, 0.2) is 53.6 Å². The normalized spacial score (nSPS) is 11.9. The lowest BCUT2D eigenvalue weighted by molar-refractivity contribution is 0.597. The molecule has 20 heavy (non-hydrogen) atoms. The Bertz CT molecular complexity index is 886. The van der Waals surface area contributed by atoms with Gasteiger partial charge in [0.2, 0.25) is 10.0 Å². The van der Waals surface area contributed by atoms with E-state index in [9.17, 15) is 12.8 Å². The summed E-state index contributed by atoms with van der Waals surface area (Å²) in [6, 6.07) is 10.3. The molecule has 0 fully saturated rings. The Labute approximate surface area is 114 Å². The van der Waals surface area contributed by atoms with Crippen molar-refractivity contribution in [3.05, 3.63) is 54.5 Å². The molecule has 0 amide bonds. The number of hydrogen-bond acceptors (Lipinski definition) is 3. The molecule has 0 saturated heterocycles. The third-order valence-electron chi connectivity index (χ3n) is 2.90. The molecule has 2 aromatic carbocycles. The monoisotopic (exact) mass is 291 g/mol. The average Bonchev–Trinajstić information content (AvgIpc) is 2.80. The largest absolute Gasteiger partial charge is 0.240 e. The summed E-state index contributed by atoms with van der Waals surface area (Å²) in [7, 11) is -3.71. The molecule has 0 atom stereocenters. The van der Waals surface area contributed by atoms with Crippen LogP contribution in [0.3, 0.4) is 0 Å². The van der Waals surface area contributed by atoms with Crippen molar-refractivity contribution < 1.29 is 12.8 Å². The van der Waals surface area contributed by atoms with Crippen LogP contribution in [0.1, 0.15) is 0 Å². The highest BCUT2D eigenvalue weighted by Gasteiger charge is 2.08. The molecule has 0 spiro atoms. The van der Waals surface area contributed by atoms with Gasteiger partial charge in [0.15, 0.2) is 0 Å². The molecule has 1 heterocycles. The minimum atomic E-state index is -3.71. The lowest BCUT2D eigenvalue weighted by Crippen LogP contribution is -2.12. The van der Waals surface area contributed by atoms with E-state index in [0.29, 0.717) is 16.6 Å². The van der Waals surface area contributed by atoms with Crippen LogP contribution in [-0.2, 0) is 10.0 Å². The Morgan fingerprint density at radius 1 is 1.10 bits per heavy atom. The zero-order valence-electron chi connectivity index (χ0n) is 10.2. The second kappa shape index (κ2) is 4.39. The molecule has 1 aromatic heterocycles. The first-order valence-electron chi connectivity index (χ1n) is 5.72. The summed E-state index contributed by atoms with van der Waals surface area (Å²) < 4.78 is 37.0. The maximum atomic E-state index is 13.1. The van der Waals surface area contributed by atoms with E-state index in [-0.39, 0.29) is 10.7 Å². The summed E-state index contributed by atoms with van der Waals surface area (Å²) >= 11 is 0. The quantitative estimate of drug-likeness (QED) is 0.782. The summed E-state index contributed by atoms with van der Waals surface area (Å²) in [5, 5.41) is 9.98. The fourth-order valence-corrected chi connectivity index (χ4v) is 2.43. The minimum absolute atomic E-state index is 0.0315. The van der Waals surface area contributed by atoms with Crippen molar-refractivity contribution >= 4 is 20.9 Å². The van der Waals surface area contributed by atoms with Gasteiger partial charge in [0.05, 0.1) is 16.1 Å². The highest BCUT2D eigenvalue weighted by atomic mass is 32.2. The van der Waals surface area contributed by atoms with E-state index in [1.165, 1.54) is 24.3 Å². The third-order valence-corrected chi connectivity index (χ3v) is 3.83. The van der Waals surface area contributed by atoms with Crippen LogP contribution in [-0.4, -0.2) is 18.2 Å². The summed E-state index contributed by atoms with van der Waals surface area (Å²) in [6.45, 7) is 0. The number of rotatable bonds is 2. The number of sulfonamides is 1. The topological polar surface area (TPSA) is 78.0 Å². The summed E-state index contributed by atoms with van der Waals surface area (Å²) in [5.74, 6) is -0.332. The number of aromatic nitrogens is 2. The van der Waals surface area contributed by atoms with Crippen LogP contribution in [0.4, 0.5) is 4.39 Å². The van der Waals surface area contributed by atoms with Gasteiger partial charge >= 0.3 is 0 Å². The first-order valence-corrected chi connectivity index (χ1v) is 7.26. The van der Waals surface area contributed by atoms with E-state index < -0.39 is 10.0 Å². The Kier molecular flexibility index (Phi) is 2.81. The highest BCUT2D eigenvalue weighted by Crippen LogP contribution is 2.18. The standard InChI is InChI=1S/C13H10FN3O2S/c14-10-1-6-13-9(7-10)8-17(16-13)11-2-4-12(5-3-11)20(15,18)19/h1-8H,(H2,15,18,19). The van der Waals surface area contributed by atoms with Crippen molar-refractivity contribution in [1.82, 2.24) is 9.78 Å². The maximum absolute atomic E-state index is 13.1. The zero-order valence-corrected chi connectivity index (χ0v) is 11.0. The zero-order chi connectivity index (χ0) is 14.3. The molecule has 0 saturated carbocycles. The lowest BCUT2D eigenvalue weighted by Gasteiger charge is -2.02. The van der Waals surface area contributed by atoms with Gasteiger partial charge in [0.25, 0.3) is 0 Å². The Morgan fingerprint density at radius 2 is 1.80 bits per heavy atom. The Morgan fingerprint density at radius 3 is 2.45 bits per heavy atom. The molecule has 102 valence electrons. The second-order valence-corrected chi connectivity index (χ2v) is 5.88. The minimum Gasteiger partial charge on any atom is -0.240 e. The first-order chi connectivity index (χ1) is 9.43. The van der Waals surface area contributed by atoms with E-state index in [0.717, 1.165) is 0 Å². The van der Waals surface area contributed by atoms with Crippen LogP contribution in [0.2, 0.25) is 0 Å². The van der Waals surface area contributed by atoms with Gasteiger partial charge in [0, 0.05) is 11.6 Å². The van der Waals surface area contributed by atoms with Crippen molar-refractivity contribution in [2.75, 3.05) is 0 Å². The lowest BCUT2D eigenvalue weighted by atomic mass is 10.2. The Balaban J connectivity index is 2.07. The summed E-state index contributed by atoms with van der Waals surface area (Å²) in [6.07, 6.45) is 1.67. The van der Waals surface area contributed by atoms with Gasteiger partial charge in [-0.2, -0.15) is 5.10 Å². The van der Waals surface area contributed by atoms with Gasteiger partial charge in [-0.05, 0) is 42.5 Å². The van der Waals surface area contributed by atoms with Crippen molar-refractivity contribution in [2.45, 2.75) is 4.90 Å². The number of hydrogen-bond donors (Lipinski definition) is 1. The molecule has 2 N–H and O–H groups in total. The predicted octanol–water partition coefficient (Wildman–Crippen LogP) is 1.81. The molecular weight excluding hydrogens is 281 g/mol. The molecular formula is C13H10FN3O2S. The third kappa shape index (κ3) is 2.28. The number of nitrogens with two attached hydrogens (primary N) is 1. The van der Waals surface area contributed by atoms with Gasteiger partial charge in [0.1, 0.15) is 5.82 Å². The smallest absolute Gasteiger partial charge is 0.238 e. The van der Waals surface area contributed by atoms with Crippen LogP contribution >= 0.6 is 0 Å². The van der Waals surface area contributed by atoms with E-state index in [1.807, 2.05) is 0 Å². The molecule has 3 rings (SSSR count). The number of benzene rings is 2. The van der Waals surface area contributed by atoms with E-state index in [1.54, 1.807) is 29.1 Å². The number of halogens is 1. The van der Waals surface area contributed by atoms with Crippen LogP contribution in [0.5, 0.6) is 0 Å². The van der Waals surface area contributed by atoms with Crippen molar-refractivity contribution in [2.24, 2.45) is 5.14 Å². The van der Waals surface area contributed by atoms with E-state index in [4.69, 9.17) is 5.14 Å². The molecule has 7 heteroatoms. The van der Waals surface area contributed by atoms with Crippen molar-refractivity contribution in [3.63, 3.8) is 0 Å². The number of nitrogens with zero attached hydrogens (tertiary/aromatic N) is 2. The molecule has 0 bridgehead atoms. The molecule has 0 radical (unpaired) electrons. The fourth-order valence-electron chi connectivity index (χ4n) is 1.92. The molecule has 0 unspecified atom stereocenters. The number of primary sulfonamides is 1. The molecule has 3 aromatic rings. The van der Waals surface area contributed by atoms with E-state index >= 15 is 0 Å². The van der Waals surface area contributed by atoms with Crippen LogP contribution in [0, 0.1) is 5.82 Å². The summed E-state index contributed by atoms with van der Waals surface area (Å²) in [4.78, 5) is 0.0315. The molecule has 5 nitrogen and oxygen atoms in total.